The van der Waals surface area contributed by atoms with E-state index < -0.39 is 0 Å². The number of unbranched alkanes of at least 4 members (excludes halogenated alkanes) is 2. The molecule has 2 aromatic carbocycles. The first-order chi connectivity index (χ1) is 10.9. The van der Waals surface area contributed by atoms with Gasteiger partial charge in [-0.25, -0.2) is 0 Å². The molecule has 2 aromatic rings. The predicted octanol–water partition coefficient (Wildman–Crippen LogP) is 5.74. The standard InChI is InChI=1S/C21H28O2/c1-4-5-7-12-20(16-10-8-6-9-11-16)21(2,3)17-13-18(22)15-19(23)14-17/h6,8-11,13-15,20,22-23H,4-5,7,12H2,1-3H3/t20-/m1/s1. The van der Waals surface area contributed by atoms with Gasteiger partial charge in [-0.1, -0.05) is 70.4 Å². The van der Waals surface area contributed by atoms with E-state index >= 15 is 0 Å². The van der Waals surface area contributed by atoms with Gasteiger partial charge in [0.15, 0.2) is 0 Å². The first-order valence-electron chi connectivity index (χ1n) is 8.53. The summed E-state index contributed by atoms with van der Waals surface area (Å²) in [5.74, 6) is 0.582. The van der Waals surface area contributed by atoms with Gasteiger partial charge in [-0.05, 0) is 41.0 Å². The quantitative estimate of drug-likeness (QED) is 0.640. The van der Waals surface area contributed by atoms with E-state index in [1.165, 1.54) is 30.9 Å². The molecule has 2 nitrogen and oxygen atoms in total. The maximum atomic E-state index is 9.86. The minimum absolute atomic E-state index is 0.119. The van der Waals surface area contributed by atoms with Crippen LogP contribution in [0.2, 0.25) is 0 Å². The molecule has 0 heterocycles. The molecular weight excluding hydrogens is 284 g/mol. The lowest BCUT2D eigenvalue weighted by atomic mass is 9.68. The highest BCUT2D eigenvalue weighted by atomic mass is 16.3. The van der Waals surface area contributed by atoms with Gasteiger partial charge in [0.1, 0.15) is 11.5 Å². The van der Waals surface area contributed by atoms with Crippen LogP contribution in [0.1, 0.15) is 63.5 Å². The Morgan fingerprint density at radius 1 is 0.913 bits per heavy atom. The van der Waals surface area contributed by atoms with Gasteiger partial charge in [0.05, 0.1) is 0 Å². The maximum absolute atomic E-state index is 9.86. The number of rotatable bonds is 7. The summed E-state index contributed by atoms with van der Waals surface area (Å²) in [4.78, 5) is 0. The third kappa shape index (κ3) is 4.28. The van der Waals surface area contributed by atoms with Crippen molar-refractivity contribution in [1.82, 2.24) is 0 Å². The molecule has 0 aliphatic carbocycles. The summed E-state index contributed by atoms with van der Waals surface area (Å²) in [6.07, 6.45) is 4.71. The summed E-state index contributed by atoms with van der Waals surface area (Å²) >= 11 is 0. The summed E-state index contributed by atoms with van der Waals surface area (Å²) in [6.45, 7) is 6.62. The molecule has 2 N–H and O–H groups in total. The van der Waals surface area contributed by atoms with E-state index in [0.717, 1.165) is 12.0 Å². The molecule has 0 unspecified atom stereocenters. The molecule has 2 rings (SSSR count). The lowest BCUT2D eigenvalue weighted by Crippen LogP contribution is -2.27. The lowest BCUT2D eigenvalue weighted by Gasteiger charge is -2.36. The van der Waals surface area contributed by atoms with Crippen LogP contribution in [0.15, 0.2) is 48.5 Å². The third-order valence-electron chi connectivity index (χ3n) is 4.82. The minimum atomic E-state index is -0.175. The summed E-state index contributed by atoms with van der Waals surface area (Å²) < 4.78 is 0. The van der Waals surface area contributed by atoms with Crippen LogP contribution in [0.4, 0.5) is 0 Å². The van der Waals surface area contributed by atoms with Crippen molar-refractivity contribution in [1.29, 1.82) is 0 Å². The average molecular weight is 312 g/mol. The van der Waals surface area contributed by atoms with Crippen molar-refractivity contribution in [2.45, 2.75) is 57.8 Å². The molecule has 0 aromatic heterocycles. The van der Waals surface area contributed by atoms with Gasteiger partial charge in [-0.3, -0.25) is 0 Å². The molecule has 0 bridgehead atoms. The molecule has 0 saturated carbocycles. The molecule has 0 aliphatic rings. The van der Waals surface area contributed by atoms with Crippen LogP contribution in [0.3, 0.4) is 0 Å². The predicted molar refractivity (Wildman–Crippen MR) is 96.1 cm³/mol. The summed E-state index contributed by atoms with van der Waals surface area (Å²) in [6, 6.07) is 15.5. The van der Waals surface area contributed by atoms with E-state index in [9.17, 15) is 10.2 Å². The Bertz CT molecular complexity index is 597. The van der Waals surface area contributed by atoms with E-state index in [1.807, 2.05) is 6.07 Å². The zero-order valence-electron chi connectivity index (χ0n) is 14.4. The Hall–Kier alpha value is -1.96. The number of phenolic OH excluding ortho intramolecular Hbond substituents is 2. The number of aromatic hydroxyl groups is 2. The molecular formula is C21H28O2. The fraction of sp³-hybridized carbons (Fsp3) is 0.429. The highest BCUT2D eigenvalue weighted by molar-refractivity contribution is 5.42. The number of hydrogen-bond donors (Lipinski definition) is 2. The van der Waals surface area contributed by atoms with Gasteiger partial charge < -0.3 is 10.2 Å². The maximum Gasteiger partial charge on any atom is 0.119 e. The van der Waals surface area contributed by atoms with Crippen molar-refractivity contribution < 1.29 is 10.2 Å². The molecule has 0 fully saturated rings. The Morgan fingerprint density at radius 2 is 1.52 bits per heavy atom. The summed E-state index contributed by atoms with van der Waals surface area (Å²) in [5.41, 5.74) is 2.11. The van der Waals surface area contributed by atoms with Crippen LogP contribution in [0.5, 0.6) is 11.5 Å². The van der Waals surface area contributed by atoms with Gasteiger partial charge in [0.2, 0.25) is 0 Å². The fourth-order valence-corrected chi connectivity index (χ4v) is 3.40. The zero-order valence-corrected chi connectivity index (χ0v) is 14.4. The second kappa shape index (κ2) is 7.54. The van der Waals surface area contributed by atoms with Crippen molar-refractivity contribution in [2.24, 2.45) is 0 Å². The normalized spacial score (nSPS) is 13.0. The highest BCUT2D eigenvalue weighted by Gasteiger charge is 2.32. The van der Waals surface area contributed by atoms with Crippen molar-refractivity contribution >= 4 is 0 Å². The SMILES string of the molecule is CCCCC[C@H](c1ccccc1)C(C)(C)c1cc(O)cc(O)c1. The van der Waals surface area contributed by atoms with E-state index in [4.69, 9.17) is 0 Å². The van der Waals surface area contributed by atoms with Crippen LogP contribution in [0, 0.1) is 0 Å². The van der Waals surface area contributed by atoms with Gasteiger partial charge in [0, 0.05) is 6.07 Å². The van der Waals surface area contributed by atoms with E-state index in [0.29, 0.717) is 5.92 Å². The van der Waals surface area contributed by atoms with Crippen molar-refractivity contribution in [3.63, 3.8) is 0 Å². The Balaban J connectivity index is 2.39. The number of hydrogen-bond acceptors (Lipinski definition) is 2. The number of benzene rings is 2. The Morgan fingerprint density at radius 3 is 2.09 bits per heavy atom. The first kappa shape index (κ1) is 17.4. The van der Waals surface area contributed by atoms with Crippen LogP contribution in [-0.4, -0.2) is 10.2 Å². The van der Waals surface area contributed by atoms with Crippen LogP contribution in [-0.2, 0) is 5.41 Å². The van der Waals surface area contributed by atoms with Gasteiger partial charge in [-0.15, -0.1) is 0 Å². The Labute approximate surface area is 139 Å². The van der Waals surface area contributed by atoms with Crippen LogP contribution in [0.25, 0.3) is 0 Å². The molecule has 0 spiro atoms. The third-order valence-corrected chi connectivity index (χ3v) is 4.82. The van der Waals surface area contributed by atoms with Gasteiger partial charge in [0.25, 0.3) is 0 Å². The van der Waals surface area contributed by atoms with Crippen LogP contribution < -0.4 is 0 Å². The van der Waals surface area contributed by atoms with Gasteiger partial charge in [-0.2, -0.15) is 0 Å². The summed E-state index contributed by atoms with van der Waals surface area (Å²) in [5, 5.41) is 19.7. The molecule has 0 saturated heterocycles. The molecule has 0 aliphatic heterocycles. The largest absolute Gasteiger partial charge is 0.508 e. The highest BCUT2D eigenvalue weighted by Crippen LogP contribution is 2.43. The fourth-order valence-electron chi connectivity index (χ4n) is 3.40. The molecule has 23 heavy (non-hydrogen) atoms. The molecule has 0 radical (unpaired) electrons. The number of phenols is 2. The van der Waals surface area contributed by atoms with Crippen molar-refractivity contribution in [3.05, 3.63) is 59.7 Å². The molecule has 1 atom stereocenters. The first-order valence-corrected chi connectivity index (χ1v) is 8.53. The van der Waals surface area contributed by atoms with E-state index in [2.05, 4.69) is 45.0 Å². The Kier molecular flexibility index (Phi) is 5.70. The smallest absolute Gasteiger partial charge is 0.119 e. The van der Waals surface area contributed by atoms with Crippen molar-refractivity contribution in [2.75, 3.05) is 0 Å². The molecule has 124 valence electrons. The van der Waals surface area contributed by atoms with E-state index in [1.54, 1.807) is 12.1 Å². The second-order valence-corrected chi connectivity index (χ2v) is 6.92. The second-order valence-electron chi connectivity index (χ2n) is 6.92. The zero-order chi connectivity index (χ0) is 16.9. The summed E-state index contributed by atoms with van der Waals surface area (Å²) in [7, 11) is 0. The monoisotopic (exact) mass is 312 g/mol. The van der Waals surface area contributed by atoms with Crippen LogP contribution >= 0.6 is 0 Å². The van der Waals surface area contributed by atoms with E-state index in [-0.39, 0.29) is 16.9 Å². The molecule has 2 heteroatoms. The topological polar surface area (TPSA) is 40.5 Å². The minimum Gasteiger partial charge on any atom is -0.508 e. The van der Waals surface area contributed by atoms with Crippen molar-refractivity contribution in [3.8, 4) is 11.5 Å². The van der Waals surface area contributed by atoms with Gasteiger partial charge >= 0.3 is 0 Å². The lowest BCUT2D eigenvalue weighted by molar-refractivity contribution is 0.372. The average Bonchev–Trinajstić information content (AvgIpc) is 2.51. The molecule has 0 amide bonds.